The smallest absolute Gasteiger partial charge is 0.547 e. The van der Waals surface area contributed by atoms with E-state index in [1.165, 1.54) is 20.8 Å². The second-order valence-electron chi connectivity index (χ2n) is 12.8. The summed E-state index contributed by atoms with van der Waals surface area (Å²) in [5.41, 5.74) is -5.82. The summed E-state index contributed by atoms with van der Waals surface area (Å²) in [6.45, 7) is 23.1. The van der Waals surface area contributed by atoms with Crippen LogP contribution in [0.3, 0.4) is 0 Å². The molecule has 0 aliphatic rings. The first kappa shape index (κ1) is 53.8. The van der Waals surface area contributed by atoms with Gasteiger partial charge in [-0.3, -0.25) is 14.4 Å². The largest absolute Gasteiger partial charge is 3.00 e. The standard InChI is InChI=1S/3C11H20O5.In/c3*1-7(2)15-6-9(12)11(5,10(13)14)16-8(3)4;/h3*7-8H,6H2,1-5H3,(H,13,14);/q;;;+3/p-3. The topological polar surface area (TPSA) is 227 Å². The van der Waals surface area contributed by atoms with Gasteiger partial charge in [-0.05, 0) is 104 Å². The Kier molecular flexibility index (Phi) is 27.6. The van der Waals surface area contributed by atoms with Gasteiger partial charge in [-0.25, -0.2) is 0 Å². The maximum Gasteiger partial charge on any atom is 3.00 e. The van der Waals surface area contributed by atoms with E-state index in [9.17, 15) is 44.1 Å². The molecule has 0 saturated heterocycles. The number of carboxylic acid groups (broad SMARTS) is 3. The number of carboxylic acids is 3. The molecule has 0 N–H and O–H groups in total. The van der Waals surface area contributed by atoms with Crippen LogP contribution < -0.4 is 15.3 Å². The van der Waals surface area contributed by atoms with Gasteiger partial charge >= 0.3 is 25.8 Å². The van der Waals surface area contributed by atoms with Crippen LogP contribution in [0.15, 0.2) is 0 Å². The molecule has 3 atom stereocenters. The molecule has 16 heteroatoms. The Morgan fingerprint density at radius 3 is 0.673 bits per heavy atom. The number of carbonyl (C=O) groups is 6. The van der Waals surface area contributed by atoms with Crippen molar-refractivity contribution in [3.63, 3.8) is 0 Å². The molecule has 0 aromatic heterocycles. The third-order valence-corrected chi connectivity index (χ3v) is 5.82. The Hall–Kier alpha value is -1.95. The van der Waals surface area contributed by atoms with Crippen molar-refractivity contribution in [1.29, 1.82) is 0 Å². The van der Waals surface area contributed by atoms with Crippen molar-refractivity contribution in [1.82, 2.24) is 0 Å². The molecule has 0 aliphatic carbocycles. The summed E-state index contributed by atoms with van der Waals surface area (Å²) in [5, 5.41) is 32.8. The minimum absolute atomic E-state index is 0. The predicted octanol–water partition coefficient (Wildman–Crippen LogP) is -0.638. The van der Waals surface area contributed by atoms with E-state index >= 15 is 0 Å². The molecule has 0 aliphatic heterocycles. The molecular formula is C33H57InO15. The molecule has 0 rings (SSSR count). The van der Waals surface area contributed by atoms with Crippen LogP contribution >= 0.6 is 0 Å². The molecule has 0 spiro atoms. The van der Waals surface area contributed by atoms with E-state index in [0.717, 1.165) is 0 Å². The fourth-order valence-electron chi connectivity index (χ4n) is 3.24. The summed E-state index contributed by atoms with van der Waals surface area (Å²) in [5.74, 6) is -6.56. The maximum atomic E-state index is 11.7. The zero-order chi connectivity index (χ0) is 38.8. The van der Waals surface area contributed by atoms with Gasteiger partial charge in [0, 0.05) is 0 Å². The number of ether oxygens (including phenoxy) is 6. The normalized spacial score (nSPS) is 14.9. The van der Waals surface area contributed by atoms with Crippen LogP contribution in [0.25, 0.3) is 0 Å². The predicted molar refractivity (Wildman–Crippen MR) is 173 cm³/mol. The van der Waals surface area contributed by atoms with Gasteiger partial charge < -0.3 is 58.1 Å². The zero-order valence-corrected chi connectivity index (χ0v) is 35.1. The van der Waals surface area contributed by atoms with Gasteiger partial charge in [0.1, 0.15) is 19.8 Å². The van der Waals surface area contributed by atoms with Crippen LogP contribution in [-0.2, 0) is 57.2 Å². The van der Waals surface area contributed by atoms with Gasteiger partial charge in [0.05, 0.1) is 54.5 Å². The summed E-state index contributed by atoms with van der Waals surface area (Å²) >= 11 is 0. The summed E-state index contributed by atoms with van der Waals surface area (Å²) in [6, 6.07) is 0. The van der Waals surface area contributed by atoms with Crippen molar-refractivity contribution in [2.24, 2.45) is 0 Å². The first-order valence-corrected chi connectivity index (χ1v) is 15.7. The summed E-state index contributed by atoms with van der Waals surface area (Å²) in [6.07, 6.45) is -1.58. The maximum absolute atomic E-state index is 11.7. The van der Waals surface area contributed by atoms with Crippen LogP contribution in [0.5, 0.6) is 0 Å². The summed E-state index contributed by atoms with van der Waals surface area (Å²) < 4.78 is 30.5. The number of rotatable bonds is 21. The average molecular weight is 809 g/mol. The minimum atomic E-state index is -1.94. The van der Waals surface area contributed by atoms with Crippen molar-refractivity contribution in [2.45, 2.75) is 157 Å². The molecule has 282 valence electrons. The second-order valence-corrected chi connectivity index (χ2v) is 12.8. The van der Waals surface area contributed by atoms with Crippen molar-refractivity contribution in [3.8, 4) is 0 Å². The molecule has 15 nitrogen and oxygen atoms in total. The Bertz CT molecular complexity index is 913. The Balaban J connectivity index is -0.000000307. The average Bonchev–Trinajstić information content (AvgIpc) is 2.92. The van der Waals surface area contributed by atoms with Crippen molar-refractivity contribution in [2.75, 3.05) is 19.8 Å². The van der Waals surface area contributed by atoms with Gasteiger partial charge in [-0.2, -0.15) is 0 Å². The van der Waals surface area contributed by atoms with Crippen LogP contribution in [0.4, 0.5) is 0 Å². The molecule has 49 heavy (non-hydrogen) atoms. The van der Waals surface area contributed by atoms with Crippen LogP contribution in [0.2, 0.25) is 0 Å². The van der Waals surface area contributed by atoms with Gasteiger partial charge in [-0.15, -0.1) is 0 Å². The first-order valence-electron chi connectivity index (χ1n) is 15.7. The van der Waals surface area contributed by atoms with Gasteiger partial charge in [0.2, 0.25) is 0 Å². The van der Waals surface area contributed by atoms with Crippen molar-refractivity contribution >= 4 is 61.1 Å². The number of hydrogen-bond donors (Lipinski definition) is 0. The molecule has 0 saturated carbocycles. The summed E-state index contributed by atoms with van der Waals surface area (Å²) in [7, 11) is 0. The SMILES string of the molecule is CC(C)OCC(=O)C(C)(OC(C)C)C(=O)[O-].CC(C)OCC(=O)C(C)(OC(C)C)C(=O)[O-].CC(C)OCC(=O)C(C)(OC(C)C)C(=O)[O-].[In+3]. The third-order valence-electron chi connectivity index (χ3n) is 5.82. The van der Waals surface area contributed by atoms with Crippen LogP contribution in [0, 0.1) is 0 Å². The molecule has 3 unspecified atom stereocenters. The number of carbonyl (C=O) groups excluding carboxylic acids is 6. The number of aliphatic carboxylic acids is 3. The molecule has 0 fully saturated rings. The molecule has 0 bridgehead atoms. The molecule has 0 amide bonds. The monoisotopic (exact) mass is 808 g/mol. The Labute approximate surface area is 309 Å². The van der Waals surface area contributed by atoms with E-state index in [2.05, 4.69) is 0 Å². The first-order chi connectivity index (χ1) is 21.6. The van der Waals surface area contributed by atoms with E-state index in [1.54, 1.807) is 83.1 Å². The van der Waals surface area contributed by atoms with Crippen molar-refractivity contribution in [3.05, 3.63) is 0 Å². The fraction of sp³-hybridized carbons (Fsp3) is 0.818. The molecular weight excluding hydrogens is 751 g/mol. The van der Waals surface area contributed by atoms with E-state index in [0.29, 0.717) is 0 Å². The van der Waals surface area contributed by atoms with Gasteiger partial charge in [0.15, 0.2) is 34.2 Å². The van der Waals surface area contributed by atoms with Crippen LogP contribution in [-0.4, -0.2) is 134 Å². The summed E-state index contributed by atoms with van der Waals surface area (Å²) in [4.78, 5) is 67.8. The molecule has 0 radical (unpaired) electrons. The fourth-order valence-corrected chi connectivity index (χ4v) is 3.24. The quantitative estimate of drug-likeness (QED) is 0.132. The van der Waals surface area contributed by atoms with E-state index in [4.69, 9.17) is 28.4 Å². The molecule has 0 aromatic rings. The molecule has 0 heterocycles. The Morgan fingerprint density at radius 1 is 0.408 bits per heavy atom. The minimum Gasteiger partial charge on any atom is -0.547 e. The van der Waals surface area contributed by atoms with E-state index < -0.39 is 52.1 Å². The third kappa shape index (κ3) is 21.8. The Morgan fingerprint density at radius 2 is 0.571 bits per heavy atom. The van der Waals surface area contributed by atoms with Crippen LogP contribution in [0.1, 0.15) is 104 Å². The van der Waals surface area contributed by atoms with E-state index in [1.807, 2.05) is 0 Å². The van der Waals surface area contributed by atoms with Crippen molar-refractivity contribution < 1.29 is 72.5 Å². The van der Waals surface area contributed by atoms with Gasteiger partial charge in [-0.1, -0.05) is 0 Å². The molecule has 0 aromatic carbocycles. The van der Waals surface area contributed by atoms with E-state index in [-0.39, 0.29) is 82.3 Å². The number of Topliss-reactive ketones (excluding diaryl/α,β-unsaturated/α-hetero) is 3. The second kappa shape index (κ2) is 25.1. The zero-order valence-electron chi connectivity index (χ0n) is 31.8. The number of ketones is 3. The number of hydrogen-bond acceptors (Lipinski definition) is 15. The van der Waals surface area contributed by atoms with Gasteiger partial charge in [0.25, 0.3) is 0 Å².